The van der Waals surface area contributed by atoms with Gasteiger partial charge >= 0.3 is 56.6 Å². The third-order valence-electron chi connectivity index (χ3n) is 22.2. The average molecular weight is 1560 g/mol. The van der Waals surface area contributed by atoms with Crippen molar-refractivity contribution in [3.8, 4) is 130 Å². The van der Waals surface area contributed by atoms with Crippen LogP contribution in [-0.2, 0) is 0 Å². The van der Waals surface area contributed by atoms with Gasteiger partial charge in [0.05, 0.1) is 10.8 Å². The minimum Gasteiger partial charge on any atom is -0.868 e. The summed E-state index contributed by atoms with van der Waals surface area (Å²) in [6, 6.07) is 121. The minimum atomic E-state index is -0.0237. The Morgan fingerprint density at radius 1 is 0.220 bits per heavy atom. The molecule has 0 unspecified atom stereocenters. The van der Waals surface area contributed by atoms with Crippen LogP contribution in [0, 0.1) is 0 Å². The molecule has 564 valence electrons. The summed E-state index contributed by atoms with van der Waals surface area (Å²) < 4.78 is 6.03. The SMILES string of the molecule is [Li+].[Li+].[Li+].[O-]c1c(-c2c3ccccc3cc3cc(-c4nc(-c5ccccc5)nc(-c5ccccc5)n4)ccc23)ccc2ccc[nH+]c12.[O-]c1ccc(-c2c3ccccc3cc3cc(-c4nc(-c5ccccc5)nc(-c5ccccc5)n4)ccc23)c2ccc[nH+]c12.[O-]c1ccc(-c2c3ccccc3cc3cc(-c4nc5ccccc5o4)ccc23)c2ccc[nH+]c12. The van der Waals surface area contributed by atoms with Gasteiger partial charge in [-0.25, -0.2) is 49.8 Å². The molecule has 0 aliphatic carbocycles. The normalized spacial score (nSPS) is 11.2. The molecule has 0 aliphatic heterocycles. The molecule has 17 heteroatoms. The molecular weight excluding hydrogens is 1500 g/mol. The molecule has 0 fully saturated rings. The molecule has 6 heterocycles. The minimum absolute atomic E-state index is 0. The van der Waals surface area contributed by atoms with E-state index in [1.165, 1.54) is 0 Å². The Morgan fingerprint density at radius 3 is 0.959 bits per heavy atom. The molecule has 23 rings (SSSR count). The molecule has 0 saturated carbocycles. The Bertz CT molecular complexity index is 7840. The van der Waals surface area contributed by atoms with Gasteiger partial charge in [-0.3, -0.25) is 0 Å². The standard InChI is InChI=1S/2C38H24N4O.C30H18N2O2.3Li/c43-35-32(20-17-24-15-9-21-39-34(24)35)33-30-16-8-7-14-27(30)22-29-23-28(18-19-31(29)33)38-41-36(25-10-3-1-4-11-25)40-37(42-38)26-12-5-2-6-13-26;43-33-20-19-31(32-16-9-21-39-35(32)33)34-29-15-8-7-14-26(29)22-28-23-27(17-18-30(28)34)38-41-36(24-10-3-1-4-11-24)40-37(42-38)25-12-5-2-6-13-25;33-26-14-13-23(24-8-5-15-31-29(24)26)28-21-7-2-1-6-18(21)16-20-17-19(11-12-22(20)28)30-32-25-9-3-4-10-27(25)34-30;;;/h2*1-23,43H;1-17,33H;;;/q;;;3*+1. The maximum atomic E-state index is 13.8. The first kappa shape index (κ1) is 79.3. The fraction of sp³-hybridized carbons (Fsp3) is 0. The van der Waals surface area contributed by atoms with E-state index in [1.807, 2.05) is 224 Å². The molecular formula is C106H66Li3N10O4+3. The zero-order chi connectivity index (χ0) is 80.2. The first-order valence-electron chi connectivity index (χ1n) is 39.5. The largest absolute Gasteiger partial charge is 1.00 e. The number of fused-ring (bicyclic) bond motifs is 10. The molecule has 0 bridgehead atoms. The smallest absolute Gasteiger partial charge is 0.868 e. The van der Waals surface area contributed by atoms with Gasteiger partial charge in [0.2, 0.25) is 22.4 Å². The summed E-state index contributed by atoms with van der Waals surface area (Å²) in [5.74, 6) is 4.25. The zero-order valence-electron chi connectivity index (χ0n) is 67.1. The predicted molar refractivity (Wildman–Crippen MR) is 474 cm³/mol. The van der Waals surface area contributed by atoms with Gasteiger partial charge < -0.3 is 19.7 Å². The van der Waals surface area contributed by atoms with Crippen LogP contribution in [0.25, 0.3) is 222 Å². The number of rotatable bonds is 10. The van der Waals surface area contributed by atoms with Crippen molar-refractivity contribution in [1.82, 2.24) is 34.9 Å². The van der Waals surface area contributed by atoms with Crippen LogP contribution in [0.5, 0.6) is 17.2 Å². The molecule has 6 aromatic heterocycles. The Hall–Kier alpha value is -14.8. The Labute approximate surface area is 741 Å². The first-order valence-corrected chi connectivity index (χ1v) is 39.5. The average Bonchev–Trinajstić information content (AvgIpc) is 0.966. The number of nitrogens with zero attached hydrogens (tertiary/aromatic N) is 7. The Morgan fingerprint density at radius 2 is 0.537 bits per heavy atom. The van der Waals surface area contributed by atoms with Gasteiger partial charge in [0.15, 0.2) is 59.1 Å². The second-order valence-corrected chi connectivity index (χ2v) is 29.5. The van der Waals surface area contributed by atoms with Crippen molar-refractivity contribution in [2.45, 2.75) is 0 Å². The van der Waals surface area contributed by atoms with Gasteiger partial charge in [0, 0.05) is 62.5 Å². The van der Waals surface area contributed by atoms with Gasteiger partial charge in [0.1, 0.15) is 5.52 Å². The summed E-state index contributed by atoms with van der Waals surface area (Å²) in [6.07, 6.45) is 5.38. The molecule has 14 nitrogen and oxygen atoms in total. The molecule has 0 aliphatic rings. The van der Waals surface area contributed by atoms with Gasteiger partial charge in [-0.2, -0.15) is 0 Å². The van der Waals surface area contributed by atoms with Crippen LogP contribution in [0.15, 0.2) is 387 Å². The van der Waals surface area contributed by atoms with Crippen LogP contribution < -0.4 is 86.9 Å². The van der Waals surface area contributed by atoms with Gasteiger partial charge in [0.25, 0.3) is 0 Å². The molecule has 17 aromatic carbocycles. The number of benzene rings is 17. The van der Waals surface area contributed by atoms with E-state index in [4.69, 9.17) is 34.3 Å². The van der Waals surface area contributed by atoms with Crippen molar-refractivity contribution >= 4 is 108 Å². The molecule has 23 aromatic rings. The van der Waals surface area contributed by atoms with Crippen LogP contribution in [0.1, 0.15) is 0 Å². The van der Waals surface area contributed by atoms with Crippen LogP contribution in [-0.4, -0.2) is 34.9 Å². The van der Waals surface area contributed by atoms with E-state index in [0.717, 1.165) is 159 Å². The maximum absolute atomic E-state index is 13.8. The monoisotopic (exact) mass is 1560 g/mol. The van der Waals surface area contributed by atoms with Crippen LogP contribution >= 0.6 is 0 Å². The maximum Gasteiger partial charge on any atom is 1.00 e. The molecule has 0 saturated heterocycles. The van der Waals surface area contributed by atoms with E-state index in [9.17, 15) is 15.3 Å². The summed E-state index contributed by atoms with van der Waals surface area (Å²) in [4.78, 5) is 43.5. The number of aromatic amines is 3. The molecule has 123 heavy (non-hydrogen) atoms. The van der Waals surface area contributed by atoms with Crippen molar-refractivity contribution in [2.24, 2.45) is 0 Å². The van der Waals surface area contributed by atoms with Crippen LogP contribution in [0.3, 0.4) is 0 Å². The number of para-hydroxylation sites is 2. The Kier molecular flexibility index (Phi) is 22.0. The second kappa shape index (κ2) is 34.1. The summed E-state index contributed by atoms with van der Waals surface area (Å²) in [5.41, 5.74) is 15.7. The van der Waals surface area contributed by atoms with Crippen molar-refractivity contribution in [3.05, 3.63) is 383 Å². The predicted octanol–water partition coefficient (Wildman–Crippen LogP) is 13.3. The van der Waals surface area contributed by atoms with Gasteiger partial charge in [-0.05, 0) is 194 Å². The van der Waals surface area contributed by atoms with Gasteiger partial charge in [-0.15, -0.1) is 0 Å². The second-order valence-electron chi connectivity index (χ2n) is 29.5. The number of nitrogens with one attached hydrogen (secondary N) is 3. The number of H-pyrrole nitrogens is 3. The summed E-state index contributed by atoms with van der Waals surface area (Å²) in [5, 5.41) is 54.7. The van der Waals surface area contributed by atoms with E-state index in [1.54, 1.807) is 30.7 Å². The Balaban J connectivity index is 0.000000125. The van der Waals surface area contributed by atoms with Crippen molar-refractivity contribution in [2.75, 3.05) is 0 Å². The molecule has 3 N–H and O–H groups in total. The third-order valence-corrected chi connectivity index (χ3v) is 22.2. The zero-order valence-corrected chi connectivity index (χ0v) is 67.1. The quantitative estimate of drug-likeness (QED) is 0.0927. The summed E-state index contributed by atoms with van der Waals surface area (Å²) in [6.45, 7) is 0. The summed E-state index contributed by atoms with van der Waals surface area (Å²) >= 11 is 0. The number of pyridine rings is 3. The molecule has 0 atom stereocenters. The van der Waals surface area contributed by atoms with Crippen LogP contribution in [0.4, 0.5) is 0 Å². The van der Waals surface area contributed by atoms with E-state index in [0.29, 0.717) is 63.0 Å². The topological polar surface area (TPSA) is 215 Å². The fourth-order valence-corrected chi connectivity index (χ4v) is 16.6. The van der Waals surface area contributed by atoms with Crippen molar-refractivity contribution in [3.63, 3.8) is 0 Å². The molecule has 0 radical (unpaired) electrons. The van der Waals surface area contributed by atoms with E-state index in [2.05, 4.69) is 147 Å². The van der Waals surface area contributed by atoms with Crippen molar-refractivity contribution < 1.29 is 91.3 Å². The number of oxazole rings is 1. The van der Waals surface area contributed by atoms with Gasteiger partial charge in [-0.1, -0.05) is 267 Å². The van der Waals surface area contributed by atoms with Crippen molar-refractivity contribution in [1.29, 1.82) is 0 Å². The van der Waals surface area contributed by atoms with E-state index in [-0.39, 0.29) is 73.8 Å². The van der Waals surface area contributed by atoms with E-state index < -0.39 is 0 Å². The number of hydrogen-bond acceptors (Lipinski definition) is 11. The van der Waals surface area contributed by atoms with Crippen LogP contribution in [0.2, 0.25) is 0 Å². The summed E-state index contributed by atoms with van der Waals surface area (Å²) in [7, 11) is 0. The first-order chi connectivity index (χ1) is 59.2. The third kappa shape index (κ3) is 15.1. The van der Waals surface area contributed by atoms with E-state index >= 15 is 0 Å². The number of hydrogen-bond donors (Lipinski definition) is 0. The molecule has 0 spiro atoms. The number of aromatic nitrogens is 10. The molecule has 0 amide bonds. The fourth-order valence-electron chi connectivity index (χ4n) is 16.6.